The molecule has 0 bridgehead atoms. The maximum Gasteiger partial charge on any atom is 0.335 e. The van der Waals surface area contributed by atoms with Crippen LogP contribution in [0.2, 0.25) is 0 Å². The minimum atomic E-state index is -3.63. The third-order valence-corrected chi connectivity index (χ3v) is 4.74. The van der Waals surface area contributed by atoms with E-state index in [0.717, 1.165) is 0 Å². The van der Waals surface area contributed by atoms with E-state index in [0.29, 0.717) is 6.42 Å². The van der Waals surface area contributed by atoms with E-state index in [1.165, 1.54) is 28.6 Å². The molecule has 1 aromatic carbocycles. The second-order valence-electron chi connectivity index (χ2n) is 4.14. The normalized spacial score (nSPS) is 21.1. The molecule has 1 atom stereocenters. The van der Waals surface area contributed by atoms with Crippen LogP contribution in [0, 0.1) is 0 Å². The Bertz CT molecular complexity index is 551. The van der Waals surface area contributed by atoms with E-state index in [2.05, 4.69) is 0 Å². The zero-order valence-electron chi connectivity index (χ0n) is 9.48. The van der Waals surface area contributed by atoms with Gasteiger partial charge < -0.3 is 10.2 Å². The predicted octanol–water partition coefficient (Wildman–Crippen LogP) is 0.140. The molecular weight excluding hydrogens is 258 g/mol. The van der Waals surface area contributed by atoms with E-state index in [4.69, 9.17) is 5.11 Å². The van der Waals surface area contributed by atoms with Crippen LogP contribution in [0.4, 0.5) is 0 Å². The fourth-order valence-electron chi connectivity index (χ4n) is 1.85. The third-order valence-electron chi connectivity index (χ3n) is 2.87. The van der Waals surface area contributed by atoms with E-state index in [1.807, 2.05) is 0 Å². The monoisotopic (exact) mass is 271 g/mol. The van der Waals surface area contributed by atoms with Gasteiger partial charge in [-0.2, -0.15) is 4.31 Å². The summed E-state index contributed by atoms with van der Waals surface area (Å²) in [6, 6.07) is 5.04. The molecule has 0 aliphatic carbocycles. The number of carbonyl (C=O) groups is 1. The number of rotatable bonds is 3. The Balaban J connectivity index is 2.27. The van der Waals surface area contributed by atoms with E-state index in [1.54, 1.807) is 0 Å². The second-order valence-corrected chi connectivity index (χ2v) is 6.07. The first-order valence-corrected chi connectivity index (χ1v) is 6.87. The first-order chi connectivity index (χ1) is 8.41. The van der Waals surface area contributed by atoms with Crippen molar-refractivity contribution in [3.8, 4) is 0 Å². The predicted molar refractivity (Wildman–Crippen MR) is 62.8 cm³/mol. The van der Waals surface area contributed by atoms with Crippen LogP contribution < -0.4 is 0 Å². The van der Waals surface area contributed by atoms with Gasteiger partial charge in [0.2, 0.25) is 10.0 Å². The highest BCUT2D eigenvalue weighted by Gasteiger charge is 2.31. The first-order valence-electron chi connectivity index (χ1n) is 5.43. The van der Waals surface area contributed by atoms with Crippen LogP contribution in [-0.2, 0) is 10.0 Å². The van der Waals surface area contributed by atoms with Gasteiger partial charge in [-0.1, -0.05) is 0 Å². The summed E-state index contributed by atoms with van der Waals surface area (Å²) in [6.07, 6.45) is -0.204. The maximum absolute atomic E-state index is 12.1. The molecule has 1 fully saturated rings. The van der Waals surface area contributed by atoms with Crippen molar-refractivity contribution in [1.82, 2.24) is 4.31 Å². The molecule has 6 nitrogen and oxygen atoms in total. The van der Waals surface area contributed by atoms with Crippen LogP contribution >= 0.6 is 0 Å². The number of carboxylic acids is 1. The second kappa shape index (κ2) is 4.68. The van der Waals surface area contributed by atoms with Crippen LogP contribution in [0.3, 0.4) is 0 Å². The van der Waals surface area contributed by atoms with Crippen LogP contribution in [0.1, 0.15) is 16.8 Å². The lowest BCUT2D eigenvalue weighted by atomic mass is 10.2. The highest BCUT2D eigenvalue weighted by atomic mass is 32.2. The van der Waals surface area contributed by atoms with Gasteiger partial charge in [0, 0.05) is 13.1 Å². The van der Waals surface area contributed by atoms with Crippen molar-refractivity contribution in [3.05, 3.63) is 29.8 Å². The van der Waals surface area contributed by atoms with E-state index >= 15 is 0 Å². The molecule has 0 spiro atoms. The van der Waals surface area contributed by atoms with Gasteiger partial charge in [-0.25, -0.2) is 13.2 Å². The number of carboxylic acid groups (broad SMARTS) is 1. The van der Waals surface area contributed by atoms with Crippen molar-refractivity contribution in [1.29, 1.82) is 0 Å². The maximum atomic E-state index is 12.1. The van der Waals surface area contributed by atoms with Crippen LogP contribution in [0.15, 0.2) is 29.2 Å². The summed E-state index contributed by atoms with van der Waals surface area (Å²) in [5.41, 5.74) is 0.0374. The van der Waals surface area contributed by atoms with Gasteiger partial charge in [-0.05, 0) is 30.7 Å². The smallest absolute Gasteiger partial charge is 0.335 e. The van der Waals surface area contributed by atoms with Crippen LogP contribution in [0.25, 0.3) is 0 Å². The fraction of sp³-hybridized carbons (Fsp3) is 0.364. The van der Waals surface area contributed by atoms with Crippen molar-refractivity contribution in [2.45, 2.75) is 17.4 Å². The zero-order valence-corrected chi connectivity index (χ0v) is 10.3. The van der Waals surface area contributed by atoms with E-state index in [9.17, 15) is 18.3 Å². The number of β-amino-alcohol motifs (C(OH)–C–C–N with tert-alkyl or cyclic N) is 1. The summed E-state index contributed by atoms with van der Waals surface area (Å²) in [5.74, 6) is -1.10. The van der Waals surface area contributed by atoms with E-state index < -0.39 is 22.1 Å². The van der Waals surface area contributed by atoms with Crippen molar-refractivity contribution in [2.75, 3.05) is 13.1 Å². The van der Waals surface area contributed by atoms with E-state index in [-0.39, 0.29) is 23.5 Å². The molecule has 0 saturated carbocycles. The highest BCUT2D eigenvalue weighted by molar-refractivity contribution is 7.89. The summed E-state index contributed by atoms with van der Waals surface area (Å²) >= 11 is 0. The summed E-state index contributed by atoms with van der Waals surface area (Å²) in [7, 11) is -3.63. The Morgan fingerprint density at radius 2 is 1.89 bits per heavy atom. The van der Waals surface area contributed by atoms with Gasteiger partial charge in [0.05, 0.1) is 16.6 Å². The number of benzene rings is 1. The standard InChI is InChI=1S/C11H13NO5S/c13-9-5-6-12(7-9)18(16,17)10-3-1-8(2-4-10)11(14)15/h1-4,9,13H,5-7H2,(H,14,15)/t9-/m1/s1. The molecule has 0 unspecified atom stereocenters. The Morgan fingerprint density at radius 3 is 2.33 bits per heavy atom. The van der Waals surface area contributed by atoms with Crippen molar-refractivity contribution >= 4 is 16.0 Å². The number of aromatic carboxylic acids is 1. The summed E-state index contributed by atoms with van der Waals surface area (Å²) in [5, 5.41) is 18.1. The van der Waals surface area contributed by atoms with Crippen molar-refractivity contribution in [3.63, 3.8) is 0 Å². The molecular formula is C11H13NO5S. The molecule has 98 valence electrons. The van der Waals surface area contributed by atoms with Gasteiger partial charge in [-0.3, -0.25) is 0 Å². The van der Waals surface area contributed by atoms with Gasteiger partial charge in [0.1, 0.15) is 0 Å². The highest BCUT2D eigenvalue weighted by Crippen LogP contribution is 2.21. The van der Waals surface area contributed by atoms with Crippen molar-refractivity contribution in [2.24, 2.45) is 0 Å². The SMILES string of the molecule is O=C(O)c1ccc(S(=O)(=O)N2CC[C@@H](O)C2)cc1. The largest absolute Gasteiger partial charge is 0.478 e. The van der Waals surface area contributed by atoms with Crippen LogP contribution in [0.5, 0.6) is 0 Å². The molecule has 1 aliphatic rings. The molecule has 1 heterocycles. The summed E-state index contributed by atoms with van der Waals surface area (Å²) in [6.45, 7) is 0.368. The molecule has 1 saturated heterocycles. The van der Waals surface area contributed by atoms with Crippen LogP contribution in [-0.4, -0.2) is 48.1 Å². The first kappa shape index (κ1) is 13.0. The van der Waals surface area contributed by atoms with Gasteiger partial charge in [0.25, 0.3) is 0 Å². The lowest BCUT2D eigenvalue weighted by molar-refractivity contribution is 0.0696. The summed E-state index contributed by atoms with van der Waals surface area (Å²) < 4.78 is 25.5. The Morgan fingerprint density at radius 1 is 1.28 bits per heavy atom. The third kappa shape index (κ3) is 2.38. The Hall–Kier alpha value is -1.44. The Labute approximate surface area is 105 Å². The van der Waals surface area contributed by atoms with Gasteiger partial charge in [0.15, 0.2) is 0 Å². The minimum absolute atomic E-state index is 0.0374. The number of aliphatic hydroxyl groups excluding tert-OH is 1. The molecule has 1 aliphatic heterocycles. The molecule has 0 amide bonds. The Kier molecular flexibility index (Phi) is 3.38. The van der Waals surface area contributed by atoms with Gasteiger partial charge >= 0.3 is 5.97 Å². The topological polar surface area (TPSA) is 94.9 Å². The number of nitrogens with zero attached hydrogens (tertiary/aromatic N) is 1. The quantitative estimate of drug-likeness (QED) is 0.815. The average molecular weight is 271 g/mol. The molecule has 0 radical (unpaired) electrons. The summed E-state index contributed by atoms with van der Waals surface area (Å²) in [4.78, 5) is 10.7. The molecule has 1 aromatic rings. The molecule has 7 heteroatoms. The van der Waals surface area contributed by atoms with Crippen molar-refractivity contribution < 1.29 is 23.4 Å². The number of hydrogen-bond donors (Lipinski definition) is 2. The molecule has 0 aromatic heterocycles. The number of hydrogen-bond acceptors (Lipinski definition) is 4. The molecule has 2 rings (SSSR count). The fourth-order valence-corrected chi connectivity index (χ4v) is 3.34. The number of sulfonamides is 1. The minimum Gasteiger partial charge on any atom is -0.478 e. The lowest BCUT2D eigenvalue weighted by Crippen LogP contribution is -2.29. The molecule has 18 heavy (non-hydrogen) atoms. The molecule has 2 N–H and O–H groups in total. The lowest BCUT2D eigenvalue weighted by Gasteiger charge is -2.15. The zero-order chi connectivity index (χ0) is 13.3. The number of aliphatic hydroxyl groups is 1. The average Bonchev–Trinajstić information content (AvgIpc) is 2.76. The van der Waals surface area contributed by atoms with Gasteiger partial charge in [-0.15, -0.1) is 0 Å².